The maximum absolute atomic E-state index is 10.2. The summed E-state index contributed by atoms with van der Waals surface area (Å²) in [4.78, 5) is 0. The van der Waals surface area contributed by atoms with Crippen LogP contribution in [-0.4, -0.2) is 11.2 Å². The molecule has 159 valence electrons. The van der Waals surface area contributed by atoms with Crippen LogP contribution in [0.3, 0.4) is 0 Å². The first kappa shape index (κ1) is 21.0. The normalized spacial score (nSPS) is 46.5. The highest BCUT2D eigenvalue weighted by Crippen LogP contribution is 2.67. The Morgan fingerprint density at radius 3 is 2.57 bits per heavy atom. The summed E-state index contributed by atoms with van der Waals surface area (Å²) in [6.07, 6.45) is 18.1. The molecule has 0 aliphatic heterocycles. The SMILES string of the molecule is CC(C)CCC[C@@H](C)[C@H]1CC[C@H]2[C@@H]3CC=C4C[C@@H](O)C[CH][C@]4(C)[C@H]3CC[C@]12C. The Morgan fingerprint density at radius 1 is 1.04 bits per heavy atom. The van der Waals surface area contributed by atoms with Gasteiger partial charge in [-0.2, -0.15) is 0 Å². The molecule has 1 nitrogen and oxygen atoms in total. The van der Waals surface area contributed by atoms with Crippen LogP contribution >= 0.6 is 0 Å². The number of fused-ring (bicyclic) bond motifs is 5. The molecule has 3 saturated carbocycles. The predicted octanol–water partition coefficient (Wildman–Crippen LogP) is 7.20. The predicted molar refractivity (Wildman–Crippen MR) is 119 cm³/mol. The van der Waals surface area contributed by atoms with Crippen molar-refractivity contribution in [2.75, 3.05) is 0 Å². The van der Waals surface area contributed by atoms with E-state index >= 15 is 0 Å². The molecule has 0 heterocycles. The molecule has 3 fully saturated rings. The van der Waals surface area contributed by atoms with Gasteiger partial charge in [-0.1, -0.05) is 65.5 Å². The summed E-state index contributed by atoms with van der Waals surface area (Å²) < 4.78 is 0. The van der Waals surface area contributed by atoms with Gasteiger partial charge >= 0.3 is 0 Å². The van der Waals surface area contributed by atoms with Crippen LogP contribution in [-0.2, 0) is 0 Å². The Morgan fingerprint density at radius 2 is 1.82 bits per heavy atom. The van der Waals surface area contributed by atoms with Gasteiger partial charge in [0.1, 0.15) is 0 Å². The van der Waals surface area contributed by atoms with E-state index < -0.39 is 0 Å². The molecule has 4 aliphatic rings. The molecule has 28 heavy (non-hydrogen) atoms. The van der Waals surface area contributed by atoms with Crippen molar-refractivity contribution in [2.24, 2.45) is 46.3 Å². The van der Waals surface area contributed by atoms with Gasteiger partial charge in [0.25, 0.3) is 0 Å². The van der Waals surface area contributed by atoms with Gasteiger partial charge in [-0.15, -0.1) is 0 Å². The minimum absolute atomic E-state index is 0.132. The van der Waals surface area contributed by atoms with Crippen LogP contribution in [0.1, 0.15) is 98.8 Å². The van der Waals surface area contributed by atoms with Crippen molar-refractivity contribution in [1.29, 1.82) is 0 Å². The van der Waals surface area contributed by atoms with E-state index in [9.17, 15) is 5.11 Å². The fourth-order valence-corrected chi connectivity index (χ4v) is 8.43. The first-order chi connectivity index (χ1) is 13.3. The van der Waals surface area contributed by atoms with E-state index in [-0.39, 0.29) is 11.5 Å². The van der Waals surface area contributed by atoms with E-state index in [0.29, 0.717) is 5.41 Å². The molecule has 1 N–H and O–H groups in total. The highest BCUT2D eigenvalue weighted by atomic mass is 16.3. The Hall–Kier alpha value is -0.300. The van der Waals surface area contributed by atoms with E-state index in [2.05, 4.69) is 47.1 Å². The molecule has 4 rings (SSSR count). The first-order valence-corrected chi connectivity index (χ1v) is 12.5. The van der Waals surface area contributed by atoms with Crippen LogP contribution < -0.4 is 0 Å². The fourth-order valence-electron chi connectivity index (χ4n) is 8.43. The summed E-state index contributed by atoms with van der Waals surface area (Å²) >= 11 is 0. The van der Waals surface area contributed by atoms with Crippen LogP contribution in [0.2, 0.25) is 0 Å². The zero-order valence-corrected chi connectivity index (χ0v) is 19.2. The fraction of sp³-hybridized carbons (Fsp3) is 0.889. The highest BCUT2D eigenvalue weighted by Gasteiger charge is 2.59. The molecule has 1 heteroatoms. The van der Waals surface area contributed by atoms with Crippen molar-refractivity contribution in [1.82, 2.24) is 0 Å². The molecule has 0 saturated heterocycles. The third kappa shape index (κ3) is 3.42. The van der Waals surface area contributed by atoms with Gasteiger partial charge in [0, 0.05) is 0 Å². The Balaban J connectivity index is 1.49. The third-order valence-electron chi connectivity index (χ3n) is 10.0. The maximum atomic E-state index is 10.2. The van der Waals surface area contributed by atoms with Crippen molar-refractivity contribution in [3.05, 3.63) is 18.1 Å². The summed E-state index contributed by atoms with van der Waals surface area (Å²) in [5.74, 6) is 5.33. The van der Waals surface area contributed by atoms with Gasteiger partial charge < -0.3 is 5.11 Å². The van der Waals surface area contributed by atoms with Gasteiger partial charge in [-0.3, -0.25) is 0 Å². The zero-order valence-electron chi connectivity index (χ0n) is 19.2. The van der Waals surface area contributed by atoms with Gasteiger partial charge in [-0.05, 0) is 97.7 Å². The minimum atomic E-state index is -0.132. The average Bonchev–Trinajstić information content (AvgIpc) is 2.99. The standard InChI is InChI=1S/C27H45O/c1-18(2)7-6-8-19(3)23-11-12-24-22-10-9-20-17-21(28)13-15-26(20,4)25(22)14-16-27(23,24)5/h9,15,18-19,21-25,28H,6-8,10-14,16-17H2,1-5H3/t19-,21+,22+,23-,24+,25+,26+,27-/m1/s1. The lowest BCUT2D eigenvalue weighted by atomic mass is 9.47. The molecule has 0 unspecified atom stereocenters. The smallest absolute Gasteiger partial charge is 0.0580 e. The van der Waals surface area contributed by atoms with E-state index in [1.165, 1.54) is 51.4 Å². The number of hydrogen-bond donors (Lipinski definition) is 1. The van der Waals surface area contributed by atoms with E-state index in [4.69, 9.17) is 0 Å². The molecule has 0 amide bonds. The van der Waals surface area contributed by atoms with Crippen molar-refractivity contribution in [3.8, 4) is 0 Å². The van der Waals surface area contributed by atoms with Gasteiger partial charge in [0.2, 0.25) is 0 Å². The summed E-state index contributed by atoms with van der Waals surface area (Å²) in [7, 11) is 0. The highest BCUT2D eigenvalue weighted by molar-refractivity contribution is 5.29. The Kier molecular flexibility index (Phi) is 5.80. The monoisotopic (exact) mass is 385 g/mol. The average molecular weight is 386 g/mol. The third-order valence-corrected chi connectivity index (χ3v) is 10.0. The van der Waals surface area contributed by atoms with Crippen LogP contribution in [0, 0.1) is 52.8 Å². The lowest BCUT2D eigenvalue weighted by Crippen LogP contribution is -2.51. The molecule has 0 aromatic carbocycles. The quantitative estimate of drug-likeness (QED) is 0.496. The van der Waals surface area contributed by atoms with Gasteiger partial charge in [0.05, 0.1) is 6.10 Å². The van der Waals surface area contributed by atoms with E-state index in [1.807, 2.05) is 0 Å². The van der Waals surface area contributed by atoms with Crippen molar-refractivity contribution in [2.45, 2.75) is 105 Å². The second-order valence-electron chi connectivity index (χ2n) is 12.0. The molecule has 1 radical (unpaired) electrons. The van der Waals surface area contributed by atoms with Crippen LogP contribution in [0.15, 0.2) is 11.6 Å². The summed E-state index contributed by atoms with van der Waals surface area (Å²) in [5, 5.41) is 10.2. The largest absolute Gasteiger partial charge is 0.393 e. The molecule has 8 atom stereocenters. The number of rotatable bonds is 5. The maximum Gasteiger partial charge on any atom is 0.0580 e. The molecule has 0 spiro atoms. The Labute approximate surface area is 174 Å². The minimum Gasteiger partial charge on any atom is -0.393 e. The number of allylic oxidation sites excluding steroid dienone is 1. The summed E-state index contributed by atoms with van der Waals surface area (Å²) in [6, 6.07) is 0. The second-order valence-corrected chi connectivity index (χ2v) is 12.0. The molecule has 0 aromatic rings. The van der Waals surface area contributed by atoms with Crippen molar-refractivity contribution < 1.29 is 5.11 Å². The van der Waals surface area contributed by atoms with Crippen molar-refractivity contribution in [3.63, 3.8) is 0 Å². The summed E-state index contributed by atoms with van der Waals surface area (Å²) in [5.41, 5.74) is 2.41. The lowest BCUT2D eigenvalue weighted by molar-refractivity contribution is -0.0436. The second kappa shape index (κ2) is 7.75. The first-order valence-electron chi connectivity index (χ1n) is 12.5. The number of aliphatic hydroxyl groups is 1. The lowest BCUT2D eigenvalue weighted by Gasteiger charge is -2.58. The number of hydrogen-bond acceptors (Lipinski definition) is 1. The Bertz CT molecular complexity index is 591. The van der Waals surface area contributed by atoms with Gasteiger partial charge in [0.15, 0.2) is 0 Å². The van der Waals surface area contributed by atoms with Crippen molar-refractivity contribution >= 4 is 0 Å². The van der Waals surface area contributed by atoms with Crippen LogP contribution in [0.5, 0.6) is 0 Å². The summed E-state index contributed by atoms with van der Waals surface area (Å²) in [6.45, 7) is 12.5. The van der Waals surface area contributed by atoms with Gasteiger partial charge in [-0.25, -0.2) is 0 Å². The van der Waals surface area contributed by atoms with E-state index in [1.54, 1.807) is 5.57 Å². The van der Waals surface area contributed by atoms with E-state index in [0.717, 1.165) is 48.3 Å². The zero-order chi connectivity index (χ0) is 20.1. The topological polar surface area (TPSA) is 20.2 Å². The molecule has 4 aliphatic carbocycles. The van der Waals surface area contributed by atoms with Crippen LogP contribution in [0.4, 0.5) is 0 Å². The molecular formula is C27H45O. The molecule has 0 aromatic heterocycles. The number of aliphatic hydroxyl groups excluding tert-OH is 1. The van der Waals surface area contributed by atoms with Crippen LogP contribution in [0.25, 0.3) is 0 Å². The molecular weight excluding hydrogens is 340 g/mol. The molecule has 0 bridgehead atoms.